The summed E-state index contributed by atoms with van der Waals surface area (Å²) in [6, 6.07) is 10.3. The predicted molar refractivity (Wildman–Crippen MR) is 75.8 cm³/mol. The summed E-state index contributed by atoms with van der Waals surface area (Å²) in [5.41, 5.74) is 6.19. The summed E-state index contributed by atoms with van der Waals surface area (Å²) >= 11 is 0.743. The van der Waals surface area contributed by atoms with E-state index in [4.69, 9.17) is 11.1 Å². The van der Waals surface area contributed by atoms with Gasteiger partial charge in [0.05, 0.1) is 0 Å². The highest BCUT2D eigenvalue weighted by Crippen LogP contribution is 2.38. The Morgan fingerprint density at radius 1 is 1.14 bits per heavy atom. The number of aryl methyl sites for hydroxylation is 1. The van der Waals surface area contributed by atoms with E-state index in [1.54, 1.807) is 0 Å². The van der Waals surface area contributed by atoms with E-state index in [2.05, 4.69) is 19.1 Å². The van der Waals surface area contributed by atoms with Gasteiger partial charge in [-0.05, 0) is 13.3 Å². The molecule has 0 atom stereocenters. The van der Waals surface area contributed by atoms with Crippen LogP contribution in [-0.2, 0) is 0 Å². The lowest BCUT2D eigenvalue weighted by Gasteiger charge is -2.18. The first kappa shape index (κ1) is 19.7. The van der Waals surface area contributed by atoms with Crippen molar-refractivity contribution < 1.29 is 22.0 Å². The molecule has 3 N–H and O–H groups in total. The number of hydrogen-bond donors (Lipinski definition) is 2. The summed E-state index contributed by atoms with van der Waals surface area (Å²) in [7, 11) is 0. The van der Waals surface area contributed by atoms with Gasteiger partial charge in [-0.2, -0.15) is 22.0 Å². The van der Waals surface area contributed by atoms with Crippen LogP contribution in [0, 0.1) is 12.3 Å². The molecule has 0 bridgehead atoms. The van der Waals surface area contributed by atoms with E-state index in [0.29, 0.717) is 0 Å². The summed E-state index contributed by atoms with van der Waals surface area (Å²) in [4.78, 5) is 0. The van der Waals surface area contributed by atoms with Crippen LogP contribution in [0.15, 0.2) is 30.3 Å². The maximum absolute atomic E-state index is 12.2. The number of alkyl halides is 5. The van der Waals surface area contributed by atoms with Crippen molar-refractivity contribution in [1.82, 2.24) is 0 Å². The van der Waals surface area contributed by atoms with Crippen LogP contribution in [0.3, 0.4) is 0 Å². The highest BCUT2D eigenvalue weighted by Gasteiger charge is 2.56. The van der Waals surface area contributed by atoms with Crippen LogP contribution in [0.4, 0.5) is 22.0 Å². The topological polar surface area (TPSA) is 49.9 Å². The van der Waals surface area contributed by atoms with Crippen LogP contribution < -0.4 is 5.73 Å². The van der Waals surface area contributed by atoms with Crippen molar-refractivity contribution in [3.8, 4) is 0 Å². The van der Waals surface area contributed by atoms with Gasteiger partial charge in [0, 0.05) is 12.2 Å². The molecule has 0 saturated carbocycles. The van der Waals surface area contributed by atoms with Crippen molar-refractivity contribution >= 4 is 16.9 Å². The lowest BCUT2D eigenvalue weighted by atomic mass is 10.2. The summed E-state index contributed by atoms with van der Waals surface area (Å²) in [5, 5.41) is 6.39. The third-order valence-corrected chi connectivity index (χ3v) is 3.05. The normalized spacial score (nSPS) is 11.5. The Balaban J connectivity index is 0.000000471. The molecular formula is C13H17F5N2S. The van der Waals surface area contributed by atoms with Gasteiger partial charge < -0.3 is 5.73 Å². The fraction of sp³-hybridized carbons (Fsp3) is 0.462. The monoisotopic (exact) mass is 328 g/mol. The molecule has 8 heteroatoms. The maximum Gasteiger partial charge on any atom is 0.453 e. The number of thioether (sulfide) groups is 1. The van der Waals surface area contributed by atoms with E-state index in [0.717, 1.165) is 11.8 Å². The average Bonchev–Trinajstić information content (AvgIpc) is 2.35. The number of nitrogens with one attached hydrogen (secondary N) is 1. The van der Waals surface area contributed by atoms with Gasteiger partial charge >= 0.3 is 12.1 Å². The van der Waals surface area contributed by atoms with E-state index < -0.39 is 18.5 Å². The minimum Gasteiger partial charge on any atom is -0.379 e. The molecule has 1 aromatic rings. The second-order valence-corrected chi connectivity index (χ2v) is 5.31. The first-order valence-electron chi connectivity index (χ1n) is 5.99. The Kier molecular flexibility index (Phi) is 8.31. The molecule has 0 unspecified atom stereocenters. The molecule has 21 heavy (non-hydrogen) atoms. The molecule has 0 aliphatic heterocycles. The van der Waals surface area contributed by atoms with Crippen LogP contribution >= 0.6 is 11.8 Å². The highest BCUT2D eigenvalue weighted by molar-refractivity contribution is 8.13. The molecule has 120 valence electrons. The van der Waals surface area contributed by atoms with Crippen molar-refractivity contribution in [3.05, 3.63) is 35.9 Å². The fourth-order valence-electron chi connectivity index (χ4n) is 1.15. The van der Waals surface area contributed by atoms with Gasteiger partial charge in [0.1, 0.15) is 0 Å². The third kappa shape index (κ3) is 9.28. The smallest absolute Gasteiger partial charge is 0.379 e. The summed E-state index contributed by atoms with van der Waals surface area (Å²) < 4.78 is 59.3. The molecule has 0 spiro atoms. The Hall–Kier alpha value is -1.31. The zero-order chi connectivity index (χ0) is 16.5. The van der Waals surface area contributed by atoms with Crippen LogP contribution in [0.1, 0.15) is 18.4 Å². The minimum atomic E-state index is -5.49. The van der Waals surface area contributed by atoms with Crippen LogP contribution in [0.2, 0.25) is 0 Å². The molecule has 1 aromatic carbocycles. The SMILES string of the molecule is Cc1ccccc1.N=C(N)SCCCC(F)(F)C(F)(F)F. The molecular weight excluding hydrogens is 311 g/mol. The minimum absolute atomic E-state index is 0.0129. The lowest BCUT2D eigenvalue weighted by Crippen LogP contribution is -2.36. The quantitative estimate of drug-likeness (QED) is 0.368. The van der Waals surface area contributed by atoms with Crippen molar-refractivity contribution in [1.29, 1.82) is 5.41 Å². The van der Waals surface area contributed by atoms with E-state index >= 15 is 0 Å². The molecule has 0 aliphatic carbocycles. The first-order chi connectivity index (χ1) is 9.56. The first-order valence-corrected chi connectivity index (χ1v) is 6.98. The van der Waals surface area contributed by atoms with E-state index in [1.165, 1.54) is 5.56 Å². The van der Waals surface area contributed by atoms with Gasteiger partial charge in [0.2, 0.25) is 0 Å². The van der Waals surface area contributed by atoms with E-state index in [-0.39, 0.29) is 17.3 Å². The Bertz CT molecular complexity index is 420. The van der Waals surface area contributed by atoms with Crippen molar-refractivity contribution in [2.45, 2.75) is 31.9 Å². The molecule has 0 saturated heterocycles. The summed E-state index contributed by atoms with van der Waals surface area (Å²) in [5.74, 6) is -4.66. The lowest BCUT2D eigenvalue weighted by molar-refractivity contribution is -0.284. The number of benzene rings is 1. The van der Waals surface area contributed by atoms with E-state index in [9.17, 15) is 22.0 Å². The summed E-state index contributed by atoms with van der Waals surface area (Å²) in [6.07, 6.45) is -7.10. The van der Waals surface area contributed by atoms with Gasteiger partial charge in [-0.25, -0.2) is 0 Å². The number of amidine groups is 1. The maximum atomic E-state index is 12.2. The second kappa shape index (κ2) is 8.86. The van der Waals surface area contributed by atoms with Gasteiger partial charge in [0.25, 0.3) is 0 Å². The molecule has 0 amide bonds. The average molecular weight is 328 g/mol. The second-order valence-electron chi connectivity index (χ2n) is 4.17. The Labute approximate surface area is 124 Å². The van der Waals surface area contributed by atoms with Crippen molar-refractivity contribution in [2.75, 3.05) is 5.75 Å². The third-order valence-electron chi connectivity index (χ3n) is 2.25. The predicted octanol–water partition coefficient (Wildman–Crippen LogP) is 4.59. The summed E-state index contributed by atoms with van der Waals surface area (Å²) in [6.45, 7) is 2.08. The van der Waals surface area contributed by atoms with Crippen molar-refractivity contribution in [2.24, 2.45) is 5.73 Å². The number of halogens is 5. The standard InChI is InChI=1S/C7H8.C6H9F5N2S/c1-7-5-3-2-4-6-7;7-5(8,6(9,10)11)2-1-3-14-4(12)13/h2-6H,1H3;1-3H2,(H3,12,13). The number of nitrogens with two attached hydrogens (primary N) is 1. The molecule has 0 heterocycles. The van der Waals surface area contributed by atoms with Crippen molar-refractivity contribution in [3.63, 3.8) is 0 Å². The number of rotatable bonds is 4. The van der Waals surface area contributed by atoms with Crippen LogP contribution in [-0.4, -0.2) is 23.0 Å². The van der Waals surface area contributed by atoms with Gasteiger partial charge in [0.15, 0.2) is 5.17 Å². The Morgan fingerprint density at radius 3 is 2.00 bits per heavy atom. The zero-order valence-electron chi connectivity index (χ0n) is 11.4. The van der Waals surface area contributed by atoms with Gasteiger partial charge in [-0.1, -0.05) is 47.7 Å². The largest absolute Gasteiger partial charge is 0.453 e. The highest BCUT2D eigenvalue weighted by atomic mass is 32.2. The molecule has 1 rings (SSSR count). The van der Waals surface area contributed by atoms with Crippen LogP contribution in [0.25, 0.3) is 0 Å². The van der Waals surface area contributed by atoms with Gasteiger partial charge in [-0.3, -0.25) is 5.41 Å². The fourth-order valence-corrected chi connectivity index (χ4v) is 1.66. The zero-order valence-corrected chi connectivity index (χ0v) is 12.2. The Morgan fingerprint density at radius 2 is 1.67 bits per heavy atom. The van der Waals surface area contributed by atoms with E-state index in [1.807, 2.05) is 18.2 Å². The van der Waals surface area contributed by atoms with Gasteiger partial charge in [-0.15, -0.1) is 0 Å². The molecule has 0 aromatic heterocycles. The molecule has 0 fully saturated rings. The number of hydrogen-bond acceptors (Lipinski definition) is 2. The van der Waals surface area contributed by atoms with Crippen LogP contribution in [0.5, 0.6) is 0 Å². The molecule has 2 nitrogen and oxygen atoms in total. The molecule has 0 radical (unpaired) electrons. The molecule has 0 aliphatic rings.